The van der Waals surface area contributed by atoms with E-state index in [0.717, 1.165) is 36.4 Å². The van der Waals surface area contributed by atoms with E-state index in [1.807, 2.05) is 6.92 Å². The summed E-state index contributed by atoms with van der Waals surface area (Å²) in [5.41, 5.74) is 2.16. The van der Waals surface area contributed by atoms with E-state index >= 15 is 0 Å². The first-order valence-electron chi connectivity index (χ1n) is 8.22. The first-order chi connectivity index (χ1) is 9.00. The molecule has 0 aliphatic rings. The highest BCUT2D eigenvalue weighted by molar-refractivity contribution is 6.77. The Morgan fingerprint density at radius 3 is 1.47 bits per heavy atom. The maximum Gasteiger partial charge on any atom is 0.201 e. The summed E-state index contributed by atoms with van der Waals surface area (Å²) in [6.07, 6.45) is 3.70. The van der Waals surface area contributed by atoms with Crippen molar-refractivity contribution in [3.63, 3.8) is 0 Å². The van der Waals surface area contributed by atoms with Crippen LogP contribution in [-0.2, 0) is 9.16 Å². The zero-order valence-electron chi connectivity index (χ0n) is 14.3. The van der Waals surface area contributed by atoms with Crippen LogP contribution in [0, 0.1) is 0 Å². The molecule has 0 fully saturated rings. The zero-order valence-corrected chi connectivity index (χ0v) is 15.3. The summed E-state index contributed by atoms with van der Waals surface area (Å²) >= 11 is 0. The van der Waals surface area contributed by atoms with Crippen LogP contribution in [0.5, 0.6) is 0 Å². The Bertz CT molecular complexity index is 194. The maximum atomic E-state index is 6.60. The van der Waals surface area contributed by atoms with Crippen molar-refractivity contribution >= 4 is 8.32 Å². The van der Waals surface area contributed by atoms with E-state index in [-0.39, 0.29) is 0 Å². The molecular formula is C16H36O2Si. The molecule has 0 saturated carbocycles. The molecule has 0 rings (SSSR count). The molecule has 116 valence electrons. The summed E-state index contributed by atoms with van der Waals surface area (Å²) in [6, 6.07) is 0. The van der Waals surface area contributed by atoms with Crippen LogP contribution in [0.1, 0.15) is 67.7 Å². The van der Waals surface area contributed by atoms with Crippen LogP contribution in [0.4, 0.5) is 0 Å². The molecule has 0 aromatic heterocycles. The van der Waals surface area contributed by atoms with Crippen LogP contribution in [-0.4, -0.2) is 28.1 Å². The average molecular weight is 289 g/mol. The predicted octanol–water partition coefficient (Wildman–Crippen LogP) is 5.39. The molecule has 0 N–H and O–H groups in total. The molecule has 0 aromatic carbocycles. The van der Waals surface area contributed by atoms with E-state index in [9.17, 15) is 0 Å². The molecular weight excluding hydrogens is 252 g/mol. The summed E-state index contributed by atoms with van der Waals surface area (Å²) in [7, 11) is -1.74. The van der Waals surface area contributed by atoms with Crippen LogP contribution in [0.2, 0.25) is 16.6 Å². The molecule has 3 atom stereocenters. The van der Waals surface area contributed by atoms with Gasteiger partial charge in [0.1, 0.15) is 0 Å². The lowest BCUT2D eigenvalue weighted by Gasteiger charge is -2.45. The van der Waals surface area contributed by atoms with Crippen molar-refractivity contribution < 1.29 is 9.16 Å². The lowest BCUT2D eigenvalue weighted by atomic mass is 10.3. The van der Waals surface area contributed by atoms with Crippen LogP contribution in [0.25, 0.3) is 0 Å². The summed E-state index contributed by atoms with van der Waals surface area (Å²) in [6.45, 7) is 18.5. The van der Waals surface area contributed by atoms with E-state index in [4.69, 9.17) is 9.16 Å². The van der Waals surface area contributed by atoms with Crippen molar-refractivity contribution in [2.75, 3.05) is 19.8 Å². The molecule has 2 nitrogen and oxygen atoms in total. The van der Waals surface area contributed by atoms with Gasteiger partial charge in [-0.25, -0.2) is 0 Å². The monoisotopic (exact) mass is 288 g/mol. The standard InChI is InChI=1S/C16H36O2Si/c1-8-14(5)19(15(6)9-2,16(7)10-3)18-13-12-17-11-4/h14-16H,8-13H2,1-7H3. The molecule has 0 amide bonds. The summed E-state index contributed by atoms with van der Waals surface area (Å²) in [5.74, 6) is 0. The molecule has 0 saturated heterocycles. The Morgan fingerprint density at radius 1 is 0.737 bits per heavy atom. The van der Waals surface area contributed by atoms with E-state index < -0.39 is 8.32 Å². The van der Waals surface area contributed by atoms with E-state index in [2.05, 4.69) is 41.5 Å². The smallest absolute Gasteiger partial charge is 0.201 e. The molecule has 3 heteroatoms. The predicted molar refractivity (Wildman–Crippen MR) is 87.3 cm³/mol. The number of hydrogen-bond acceptors (Lipinski definition) is 2. The second-order valence-electron chi connectivity index (χ2n) is 5.83. The van der Waals surface area contributed by atoms with Crippen LogP contribution in [0.15, 0.2) is 0 Å². The fourth-order valence-electron chi connectivity index (χ4n) is 3.26. The van der Waals surface area contributed by atoms with Crippen molar-refractivity contribution in [2.45, 2.75) is 84.4 Å². The van der Waals surface area contributed by atoms with Crippen molar-refractivity contribution in [3.8, 4) is 0 Å². The molecule has 3 unspecified atom stereocenters. The molecule has 0 aromatic rings. The highest BCUT2D eigenvalue weighted by Gasteiger charge is 2.48. The highest BCUT2D eigenvalue weighted by atomic mass is 28.4. The van der Waals surface area contributed by atoms with Gasteiger partial charge in [-0.1, -0.05) is 60.8 Å². The van der Waals surface area contributed by atoms with Crippen molar-refractivity contribution in [2.24, 2.45) is 0 Å². The van der Waals surface area contributed by atoms with E-state index in [1.54, 1.807) is 0 Å². The summed E-state index contributed by atoms with van der Waals surface area (Å²) in [4.78, 5) is 0. The molecule has 0 bridgehead atoms. The van der Waals surface area contributed by atoms with Gasteiger partial charge in [-0.2, -0.15) is 0 Å². The van der Waals surface area contributed by atoms with Crippen LogP contribution >= 0.6 is 0 Å². The van der Waals surface area contributed by atoms with Crippen molar-refractivity contribution in [1.82, 2.24) is 0 Å². The zero-order chi connectivity index (χ0) is 14.9. The van der Waals surface area contributed by atoms with Gasteiger partial charge in [0.2, 0.25) is 8.32 Å². The quantitative estimate of drug-likeness (QED) is 0.375. The van der Waals surface area contributed by atoms with Gasteiger partial charge in [0, 0.05) is 6.61 Å². The molecule has 0 spiro atoms. The number of ether oxygens (including phenoxy) is 1. The van der Waals surface area contributed by atoms with Gasteiger partial charge in [-0.05, 0) is 23.5 Å². The maximum absolute atomic E-state index is 6.60. The Morgan fingerprint density at radius 2 is 1.16 bits per heavy atom. The second kappa shape index (κ2) is 9.95. The minimum absolute atomic E-state index is 0.721. The number of hydrogen-bond donors (Lipinski definition) is 0. The SMILES string of the molecule is CCOCCO[Si](C(C)CC)(C(C)CC)C(C)CC. The first kappa shape index (κ1) is 19.1. The molecule has 0 aliphatic heterocycles. The Labute approximate surface area is 122 Å². The lowest BCUT2D eigenvalue weighted by Crippen LogP contribution is -2.50. The Kier molecular flexibility index (Phi) is 10.0. The fraction of sp³-hybridized carbons (Fsp3) is 1.00. The molecule has 0 heterocycles. The third-order valence-corrected chi connectivity index (χ3v) is 11.5. The van der Waals surface area contributed by atoms with Crippen LogP contribution < -0.4 is 0 Å². The topological polar surface area (TPSA) is 18.5 Å². The van der Waals surface area contributed by atoms with Gasteiger partial charge in [0.05, 0.1) is 13.2 Å². The molecule has 0 radical (unpaired) electrons. The Balaban J connectivity index is 5.01. The van der Waals surface area contributed by atoms with E-state index in [0.29, 0.717) is 0 Å². The largest absolute Gasteiger partial charge is 0.414 e. The summed E-state index contributed by atoms with van der Waals surface area (Å²) in [5, 5.41) is 0. The minimum Gasteiger partial charge on any atom is -0.414 e. The van der Waals surface area contributed by atoms with Gasteiger partial charge >= 0.3 is 0 Å². The molecule has 0 aliphatic carbocycles. The Hall–Kier alpha value is 0.137. The molecule has 19 heavy (non-hydrogen) atoms. The van der Waals surface area contributed by atoms with Gasteiger partial charge in [-0.15, -0.1) is 0 Å². The highest BCUT2D eigenvalue weighted by Crippen LogP contribution is 2.46. The number of rotatable bonds is 11. The van der Waals surface area contributed by atoms with Crippen molar-refractivity contribution in [1.29, 1.82) is 0 Å². The van der Waals surface area contributed by atoms with Gasteiger partial charge in [-0.3, -0.25) is 0 Å². The normalized spacial score (nSPS) is 19.7. The third kappa shape index (κ3) is 4.87. The van der Waals surface area contributed by atoms with E-state index in [1.165, 1.54) is 19.3 Å². The summed E-state index contributed by atoms with van der Waals surface area (Å²) < 4.78 is 12.1. The average Bonchev–Trinajstić information content (AvgIpc) is 2.45. The third-order valence-electron chi connectivity index (χ3n) is 4.93. The fourth-order valence-corrected chi connectivity index (χ4v) is 9.38. The van der Waals surface area contributed by atoms with Gasteiger partial charge in [0.25, 0.3) is 0 Å². The van der Waals surface area contributed by atoms with Gasteiger partial charge < -0.3 is 9.16 Å². The van der Waals surface area contributed by atoms with Crippen molar-refractivity contribution in [3.05, 3.63) is 0 Å². The van der Waals surface area contributed by atoms with Gasteiger partial charge in [0.15, 0.2) is 0 Å². The second-order valence-corrected chi connectivity index (χ2v) is 10.8. The minimum atomic E-state index is -1.74. The first-order valence-corrected chi connectivity index (χ1v) is 10.4. The lowest BCUT2D eigenvalue weighted by molar-refractivity contribution is 0.102. The van der Waals surface area contributed by atoms with Crippen LogP contribution in [0.3, 0.4) is 0 Å².